The van der Waals surface area contributed by atoms with E-state index in [4.69, 9.17) is 10.2 Å². The Hall–Kier alpha value is -0.160. The summed E-state index contributed by atoms with van der Waals surface area (Å²) in [6, 6.07) is 0. The van der Waals surface area contributed by atoms with Crippen molar-refractivity contribution < 1.29 is 15.4 Å². The normalized spacial score (nSPS) is 42.2. The molecule has 2 N–H and O–H groups in total. The third-order valence-corrected chi connectivity index (χ3v) is 3.09. The van der Waals surface area contributed by atoms with Crippen LogP contribution in [0.1, 0.15) is 33.1 Å². The Kier molecular flexibility index (Phi) is 2.97. The van der Waals surface area contributed by atoms with Crippen LogP contribution in [0.4, 0.5) is 0 Å². The lowest BCUT2D eigenvalue weighted by molar-refractivity contribution is -0.308. The molecule has 1 radical (unpaired) electrons. The molecule has 0 aliphatic carbocycles. The summed E-state index contributed by atoms with van der Waals surface area (Å²) in [5, 5.41) is 31.0. The van der Waals surface area contributed by atoms with Gasteiger partial charge < -0.3 is 10.2 Å². The maximum Gasteiger partial charge on any atom is 0.0702 e. The number of piperidine rings is 1. The highest BCUT2D eigenvalue weighted by atomic mass is 16.5. The van der Waals surface area contributed by atoms with E-state index in [1.807, 2.05) is 0 Å². The first kappa shape index (κ1) is 10.9. The van der Waals surface area contributed by atoms with Crippen LogP contribution >= 0.6 is 0 Å². The van der Waals surface area contributed by atoms with E-state index in [0.29, 0.717) is 12.8 Å². The molecule has 1 heterocycles. The Morgan fingerprint density at radius 1 is 1.15 bits per heavy atom. The fourth-order valence-corrected chi connectivity index (χ4v) is 1.99. The van der Waals surface area contributed by atoms with Gasteiger partial charge in [-0.25, -0.2) is 0 Å². The van der Waals surface area contributed by atoms with E-state index < -0.39 is 11.1 Å². The zero-order valence-electron chi connectivity index (χ0n) is 8.29. The summed E-state index contributed by atoms with van der Waals surface area (Å²) in [5.41, 5.74) is -1.43. The molecule has 0 saturated carbocycles. The zero-order chi connectivity index (χ0) is 10.1. The van der Waals surface area contributed by atoms with Crippen LogP contribution in [0.2, 0.25) is 0 Å². The molecular formula is C9H18NO3. The van der Waals surface area contributed by atoms with Crippen molar-refractivity contribution in [2.75, 3.05) is 13.2 Å². The zero-order valence-corrected chi connectivity index (χ0v) is 8.29. The number of rotatable bonds is 2. The van der Waals surface area contributed by atoms with Gasteiger partial charge in [-0.05, 0) is 33.1 Å². The van der Waals surface area contributed by atoms with Gasteiger partial charge in [-0.2, -0.15) is 0 Å². The van der Waals surface area contributed by atoms with Crippen LogP contribution in [0.15, 0.2) is 0 Å². The monoisotopic (exact) mass is 188 g/mol. The quantitative estimate of drug-likeness (QED) is 0.656. The van der Waals surface area contributed by atoms with Crippen LogP contribution in [-0.4, -0.2) is 39.6 Å². The molecule has 1 aliphatic rings. The summed E-state index contributed by atoms with van der Waals surface area (Å²) in [7, 11) is 0. The Morgan fingerprint density at radius 3 is 1.85 bits per heavy atom. The van der Waals surface area contributed by atoms with Crippen molar-refractivity contribution in [3.8, 4) is 0 Å². The van der Waals surface area contributed by atoms with Crippen LogP contribution in [0, 0.1) is 0 Å². The molecule has 77 valence electrons. The summed E-state index contributed by atoms with van der Waals surface area (Å²) >= 11 is 0. The number of hydrogen-bond donors (Lipinski definition) is 2. The molecule has 0 amide bonds. The lowest BCUT2D eigenvalue weighted by atomic mass is 9.81. The summed E-state index contributed by atoms with van der Waals surface area (Å²) in [6.07, 6.45) is 2.28. The Balaban J connectivity index is 2.83. The fraction of sp³-hybridized carbons (Fsp3) is 1.00. The largest absolute Gasteiger partial charge is 0.394 e. The Labute approximate surface area is 78.7 Å². The van der Waals surface area contributed by atoms with Crippen molar-refractivity contribution in [3.05, 3.63) is 0 Å². The fourth-order valence-electron chi connectivity index (χ4n) is 1.99. The van der Waals surface area contributed by atoms with E-state index in [9.17, 15) is 5.21 Å². The van der Waals surface area contributed by atoms with Crippen LogP contribution < -0.4 is 0 Å². The lowest BCUT2D eigenvalue weighted by Crippen LogP contribution is -2.62. The molecule has 4 nitrogen and oxygen atoms in total. The maximum absolute atomic E-state index is 11.8. The second-order valence-corrected chi connectivity index (χ2v) is 4.46. The van der Waals surface area contributed by atoms with E-state index >= 15 is 0 Å². The molecule has 13 heavy (non-hydrogen) atoms. The predicted octanol–water partition coefficient (Wildman–Crippen LogP) is 0.320. The number of hydroxylamine groups is 2. The molecule has 0 aromatic heterocycles. The maximum atomic E-state index is 11.8. The Bertz CT molecular complexity index is 170. The average Bonchev–Trinajstić information content (AvgIpc) is 2.14. The first-order valence-corrected chi connectivity index (χ1v) is 4.68. The first-order chi connectivity index (χ1) is 5.98. The topological polar surface area (TPSA) is 63.6 Å². The van der Waals surface area contributed by atoms with Gasteiger partial charge in [0.05, 0.1) is 24.3 Å². The molecule has 0 bridgehead atoms. The molecular weight excluding hydrogens is 170 g/mol. The van der Waals surface area contributed by atoms with Crippen LogP contribution in [0.25, 0.3) is 0 Å². The van der Waals surface area contributed by atoms with E-state index in [1.165, 1.54) is 0 Å². The highest BCUT2D eigenvalue weighted by Gasteiger charge is 2.46. The molecule has 1 rings (SSSR count). The molecule has 0 spiro atoms. The standard InChI is InChI=1S/C9H18NO3/c1-8(6-11)4-3-5-9(2,7-12)10(8)13/h11-12H,3-7H2,1-2H3/t8-,9+. The number of hydrogen-bond acceptors (Lipinski definition) is 3. The van der Waals surface area contributed by atoms with E-state index in [0.717, 1.165) is 11.5 Å². The molecule has 2 atom stereocenters. The number of aliphatic hydroxyl groups excluding tert-OH is 2. The van der Waals surface area contributed by atoms with E-state index in [2.05, 4.69) is 0 Å². The smallest absolute Gasteiger partial charge is 0.0702 e. The molecule has 4 heteroatoms. The van der Waals surface area contributed by atoms with Gasteiger partial charge >= 0.3 is 0 Å². The number of aliphatic hydroxyl groups is 2. The average molecular weight is 188 g/mol. The third-order valence-electron chi connectivity index (χ3n) is 3.09. The third kappa shape index (κ3) is 1.72. The second kappa shape index (κ2) is 3.53. The molecule has 0 aromatic rings. The molecule has 1 fully saturated rings. The van der Waals surface area contributed by atoms with Gasteiger partial charge in [0.25, 0.3) is 0 Å². The lowest BCUT2D eigenvalue weighted by Gasteiger charge is -2.48. The molecule has 0 aromatic carbocycles. The first-order valence-electron chi connectivity index (χ1n) is 4.68. The van der Waals surface area contributed by atoms with Gasteiger partial charge in [0.2, 0.25) is 0 Å². The van der Waals surface area contributed by atoms with Crippen molar-refractivity contribution in [3.63, 3.8) is 0 Å². The van der Waals surface area contributed by atoms with Crippen LogP contribution in [0.3, 0.4) is 0 Å². The van der Waals surface area contributed by atoms with E-state index in [-0.39, 0.29) is 13.2 Å². The highest BCUT2D eigenvalue weighted by Crippen LogP contribution is 2.36. The second-order valence-electron chi connectivity index (χ2n) is 4.46. The van der Waals surface area contributed by atoms with Gasteiger partial charge in [0.15, 0.2) is 0 Å². The van der Waals surface area contributed by atoms with Gasteiger partial charge in [-0.15, -0.1) is 10.3 Å². The van der Waals surface area contributed by atoms with Crippen LogP contribution in [-0.2, 0) is 5.21 Å². The summed E-state index contributed by atoms with van der Waals surface area (Å²) < 4.78 is 0. The summed E-state index contributed by atoms with van der Waals surface area (Å²) in [5.74, 6) is 0. The highest BCUT2D eigenvalue weighted by molar-refractivity contribution is 4.96. The minimum atomic E-state index is -0.713. The molecule has 1 aliphatic heterocycles. The molecule has 0 unspecified atom stereocenters. The van der Waals surface area contributed by atoms with Crippen molar-refractivity contribution >= 4 is 0 Å². The van der Waals surface area contributed by atoms with Gasteiger partial charge in [0.1, 0.15) is 0 Å². The minimum absolute atomic E-state index is 0.147. The SMILES string of the molecule is C[C@]1(CO)CCC[C@@](C)(CO)N1[O]. The number of nitrogens with zero attached hydrogens (tertiary/aromatic N) is 1. The van der Waals surface area contributed by atoms with E-state index in [1.54, 1.807) is 13.8 Å². The van der Waals surface area contributed by atoms with Crippen molar-refractivity contribution in [2.45, 2.75) is 44.2 Å². The van der Waals surface area contributed by atoms with Gasteiger partial charge in [-0.1, -0.05) is 0 Å². The predicted molar refractivity (Wildman–Crippen MR) is 47.4 cm³/mol. The minimum Gasteiger partial charge on any atom is -0.394 e. The summed E-state index contributed by atoms with van der Waals surface area (Å²) in [6.45, 7) is 3.19. The van der Waals surface area contributed by atoms with Crippen molar-refractivity contribution in [2.24, 2.45) is 0 Å². The van der Waals surface area contributed by atoms with Gasteiger partial charge in [-0.3, -0.25) is 0 Å². The Morgan fingerprint density at radius 2 is 1.54 bits per heavy atom. The summed E-state index contributed by atoms with van der Waals surface area (Å²) in [4.78, 5) is 0. The van der Waals surface area contributed by atoms with Gasteiger partial charge in [0, 0.05) is 0 Å². The molecule has 1 saturated heterocycles. The van der Waals surface area contributed by atoms with Crippen LogP contribution in [0.5, 0.6) is 0 Å². The van der Waals surface area contributed by atoms with Crippen molar-refractivity contribution in [1.82, 2.24) is 5.06 Å². The van der Waals surface area contributed by atoms with Crippen molar-refractivity contribution in [1.29, 1.82) is 0 Å².